The van der Waals surface area contributed by atoms with Crippen molar-refractivity contribution in [3.05, 3.63) is 29.8 Å². The lowest BCUT2D eigenvalue weighted by Gasteiger charge is -2.50. The lowest BCUT2D eigenvalue weighted by Crippen LogP contribution is -2.58. The molecular formula is C16H28OSi. The topological polar surface area (TPSA) is 20.2 Å². The lowest BCUT2D eigenvalue weighted by atomic mass is 10.2. The highest BCUT2D eigenvalue weighted by Gasteiger charge is 2.49. The van der Waals surface area contributed by atoms with Gasteiger partial charge in [0, 0.05) is 0 Å². The second kappa shape index (κ2) is 4.82. The molecule has 0 aromatic heterocycles. The molecule has 1 N–H and O–H groups in total. The maximum atomic E-state index is 9.16. The Kier molecular flexibility index (Phi) is 4.14. The quantitative estimate of drug-likeness (QED) is 0.799. The molecular weight excluding hydrogens is 236 g/mol. The lowest BCUT2D eigenvalue weighted by molar-refractivity contribution is 0.282. The van der Waals surface area contributed by atoms with Crippen molar-refractivity contribution >= 4 is 13.3 Å². The van der Waals surface area contributed by atoms with Crippen molar-refractivity contribution in [3.8, 4) is 0 Å². The number of hydrogen-bond acceptors (Lipinski definition) is 1. The van der Waals surface area contributed by atoms with Crippen molar-refractivity contribution in [2.45, 2.75) is 64.8 Å². The highest BCUT2D eigenvalue weighted by Crippen LogP contribution is 2.50. The Bertz CT molecular complexity index is 379. The zero-order valence-corrected chi connectivity index (χ0v) is 14.0. The Morgan fingerprint density at radius 1 is 0.889 bits per heavy atom. The fourth-order valence-electron chi connectivity index (χ4n) is 2.93. The predicted octanol–water partition coefficient (Wildman–Crippen LogP) is 4.06. The van der Waals surface area contributed by atoms with Crippen LogP contribution >= 0.6 is 0 Å². The van der Waals surface area contributed by atoms with Gasteiger partial charge in [0.05, 0.1) is 14.7 Å². The Labute approximate surface area is 113 Å². The Morgan fingerprint density at radius 2 is 1.28 bits per heavy atom. The van der Waals surface area contributed by atoms with Gasteiger partial charge in [-0.25, -0.2) is 0 Å². The Balaban J connectivity index is 3.36. The maximum Gasteiger partial charge on any atom is 0.0942 e. The van der Waals surface area contributed by atoms with Crippen molar-refractivity contribution in [3.63, 3.8) is 0 Å². The van der Waals surface area contributed by atoms with E-state index in [2.05, 4.69) is 72.4 Å². The van der Waals surface area contributed by atoms with E-state index in [1.54, 1.807) is 0 Å². The number of hydrogen-bond donors (Lipinski definition) is 1. The summed E-state index contributed by atoms with van der Waals surface area (Å²) in [5.74, 6) is 0. The molecule has 1 rings (SSSR count). The second-order valence-corrected chi connectivity index (χ2v) is 13.3. The number of aliphatic hydroxyl groups is 1. The van der Waals surface area contributed by atoms with Gasteiger partial charge in [0.2, 0.25) is 0 Å². The Morgan fingerprint density at radius 3 is 1.56 bits per heavy atom. The van der Waals surface area contributed by atoms with Crippen LogP contribution in [0.1, 0.15) is 47.1 Å². The molecule has 0 spiro atoms. The molecule has 1 aromatic carbocycles. The number of aliphatic hydroxyl groups excluding tert-OH is 1. The summed E-state index contributed by atoms with van der Waals surface area (Å²) in [4.78, 5) is 0. The summed E-state index contributed by atoms with van der Waals surface area (Å²) >= 11 is 0. The summed E-state index contributed by atoms with van der Waals surface area (Å²) in [5.41, 5.74) is 0.998. The van der Waals surface area contributed by atoms with Gasteiger partial charge in [0.1, 0.15) is 0 Å². The van der Waals surface area contributed by atoms with Gasteiger partial charge in [-0.2, -0.15) is 0 Å². The van der Waals surface area contributed by atoms with Gasteiger partial charge in [0.15, 0.2) is 0 Å². The van der Waals surface area contributed by atoms with Gasteiger partial charge in [-0.05, 0) is 15.6 Å². The fourth-order valence-corrected chi connectivity index (χ4v) is 7.75. The van der Waals surface area contributed by atoms with Crippen LogP contribution in [-0.2, 0) is 6.61 Å². The van der Waals surface area contributed by atoms with Crippen LogP contribution in [0.15, 0.2) is 24.3 Å². The molecule has 18 heavy (non-hydrogen) atoms. The third-order valence-corrected chi connectivity index (χ3v) is 12.2. The van der Waals surface area contributed by atoms with E-state index >= 15 is 0 Å². The SMILES string of the molecule is CC(C)(C)[Si](C)(c1ccc(CO)cc1)C(C)(C)C. The minimum atomic E-state index is -1.65. The molecule has 0 saturated heterocycles. The first-order chi connectivity index (χ1) is 8.04. The van der Waals surface area contributed by atoms with Crippen LogP contribution in [0.3, 0.4) is 0 Å². The van der Waals surface area contributed by atoms with Crippen LogP contribution in [0, 0.1) is 0 Å². The molecule has 0 heterocycles. The molecule has 0 radical (unpaired) electrons. The summed E-state index contributed by atoms with van der Waals surface area (Å²) in [6.45, 7) is 16.8. The van der Waals surface area contributed by atoms with Crippen molar-refractivity contribution in [1.82, 2.24) is 0 Å². The third-order valence-electron chi connectivity index (χ3n) is 4.71. The summed E-state index contributed by atoms with van der Waals surface area (Å²) < 4.78 is 0. The summed E-state index contributed by atoms with van der Waals surface area (Å²) in [5, 5.41) is 11.3. The average Bonchev–Trinajstić information content (AvgIpc) is 2.25. The summed E-state index contributed by atoms with van der Waals surface area (Å²) in [6, 6.07) is 8.60. The van der Waals surface area contributed by atoms with Crippen LogP contribution in [0.25, 0.3) is 0 Å². The second-order valence-electron chi connectivity index (χ2n) is 7.48. The smallest absolute Gasteiger partial charge is 0.0942 e. The molecule has 1 nitrogen and oxygen atoms in total. The van der Waals surface area contributed by atoms with Crippen LogP contribution in [0.2, 0.25) is 16.6 Å². The van der Waals surface area contributed by atoms with Crippen LogP contribution in [0.5, 0.6) is 0 Å². The molecule has 0 aliphatic heterocycles. The molecule has 1 aromatic rings. The zero-order chi connectivity index (χ0) is 14.2. The van der Waals surface area contributed by atoms with Gasteiger partial charge in [-0.15, -0.1) is 0 Å². The van der Waals surface area contributed by atoms with Gasteiger partial charge in [-0.1, -0.05) is 77.5 Å². The van der Waals surface area contributed by atoms with E-state index < -0.39 is 8.07 Å². The monoisotopic (exact) mass is 264 g/mol. The van der Waals surface area contributed by atoms with Crippen molar-refractivity contribution in [1.29, 1.82) is 0 Å². The summed E-state index contributed by atoms with van der Waals surface area (Å²) in [7, 11) is -1.65. The molecule has 0 saturated carbocycles. The first-order valence-electron chi connectivity index (χ1n) is 6.74. The average molecular weight is 264 g/mol. The van der Waals surface area contributed by atoms with Crippen LogP contribution < -0.4 is 5.19 Å². The largest absolute Gasteiger partial charge is 0.392 e. The van der Waals surface area contributed by atoms with E-state index in [1.165, 1.54) is 5.19 Å². The third kappa shape index (κ3) is 2.55. The zero-order valence-electron chi connectivity index (χ0n) is 13.0. The minimum absolute atomic E-state index is 0.129. The van der Waals surface area contributed by atoms with Gasteiger partial charge in [0.25, 0.3) is 0 Å². The normalized spacial score (nSPS) is 13.8. The van der Waals surface area contributed by atoms with Gasteiger partial charge >= 0.3 is 0 Å². The summed E-state index contributed by atoms with van der Waals surface area (Å²) in [6.07, 6.45) is 0. The molecule has 0 aliphatic carbocycles. The van der Waals surface area contributed by atoms with Gasteiger partial charge in [-0.3, -0.25) is 0 Å². The highest BCUT2D eigenvalue weighted by atomic mass is 28.3. The standard InChI is InChI=1S/C16H28OSi/c1-15(2,3)18(7,16(4,5)6)14-10-8-13(12-17)9-11-14/h8-11,17H,12H2,1-7H3. The van der Waals surface area contributed by atoms with E-state index in [0.717, 1.165) is 5.56 Å². The van der Waals surface area contributed by atoms with E-state index in [9.17, 15) is 0 Å². The molecule has 2 heteroatoms. The minimum Gasteiger partial charge on any atom is -0.392 e. The number of rotatable bonds is 2. The Hall–Kier alpha value is -0.603. The predicted molar refractivity (Wildman–Crippen MR) is 83.0 cm³/mol. The molecule has 0 fully saturated rings. The maximum absolute atomic E-state index is 9.16. The first kappa shape index (κ1) is 15.5. The number of benzene rings is 1. The highest BCUT2D eigenvalue weighted by molar-refractivity contribution is 6.95. The van der Waals surface area contributed by atoms with E-state index in [-0.39, 0.29) is 6.61 Å². The van der Waals surface area contributed by atoms with Crippen molar-refractivity contribution in [2.75, 3.05) is 0 Å². The first-order valence-corrected chi connectivity index (χ1v) is 9.24. The molecule has 0 bridgehead atoms. The molecule has 0 atom stereocenters. The van der Waals surface area contributed by atoms with E-state index in [1.807, 2.05) is 0 Å². The molecule has 102 valence electrons. The molecule has 0 amide bonds. The molecule has 0 aliphatic rings. The van der Waals surface area contributed by atoms with Crippen molar-refractivity contribution in [2.24, 2.45) is 0 Å². The fraction of sp³-hybridized carbons (Fsp3) is 0.625. The van der Waals surface area contributed by atoms with Crippen LogP contribution in [0.4, 0.5) is 0 Å². The molecule has 0 unspecified atom stereocenters. The van der Waals surface area contributed by atoms with Crippen LogP contribution in [-0.4, -0.2) is 13.2 Å². The van der Waals surface area contributed by atoms with E-state index in [4.69, 9.17) is 5.11 Å². The van der Waals surface area contributed by atoms with E-state index in [0.29, 0.717) is 10.1 Å². The van der Waals surface area contributed by atoms with Crippen molar-refractivity contribution < 1.29 is 5.11 Å². The van der Waals surface area contributed by atoms with Gasteiger partial charge < -0.3 is 5.11 Å².